The van der Waals surface area contributed by atoms with Gasteiger partial charge in [0.2, 0.25) is 0 Å². The molecule has 1 atom stereocenters. The average Bonchev–Trinajstić information content (AvgIpc) is 3.08. The van der Waals surface area contributed by atoms with Crippen LogP contribution in [0, 0.1) is 5.92 Å². The number of rotatable bonds is 5. The fourth-order valence-corrected chi connectivity index (χ4v) is 3.84. The van der Waals surface area contributed by atoms with Gasteiger partial charge in [-0.15, -0.1) is 11.3 Å². The highest BCUT2D eigenvalue weighted by Gasteiger charge is 2.23. The number of thiazole rings is 1. The molecule has 6 heteroatoms. The van der Waals surface area contributed by atoms with Crippen LogP contribution in [0.15, 0.2) is 11.6 Å². The summed E-state index contributed by atoms with van der Waals surface area (Å²) in [4.78, 5) is 10.6. The molecule has 110 valence electrons. The van der Waals surface area contributed by atoms with E-state index in [4.69, 9.17) is 4.98 Å². The first-order chi connectivity index (χ1) is 9.69. The van der Waals surface area contributed by atoms with Crippen molar-refractivity contribution in [2.45, 2.75) is 13.0 Å². The van der Waals surface area contributed by atoms with Gasteiger partial charge in [0.05, 0.1) is 5.69 Å². The molecule has 1 N–H and O–H groups in total. The molecule has 3 heterocycles. The number of hydrogen-bond donors (Lipinski definition) is 1. The lowest BCUT2D eigenvalue weighted by Crippen LogP contribution is -2.28. The molecule has 1 unspecified atom stereocenters. The third-order valence-corrected chi connectivity index (χ3v) is 4.82. The van der Waals surface area contributed by atoms with Crippen LogP contribution in [-0.4, -0.2) is 55.1 Å². The Bertz CT molecular complexity index is 575. The van der Waals surface area contributed by atoms with Crippen LogP contribution in [-0.2, 0) is 6.54 Å². The fraction of sp³-hybridized carbons (Fsp3) is 0.643. The van der Waals surface area contributed by atoms with E-state index in [2.05, 4.69) is 45.2 Å². The molecule has 1 aliphatic rings. The minimum absolute atomic E-state index is 0.757. The smallest absolute Gasteiger partial charge is 0.195 e. The van der Waals surface area contributed by atoms with Crippen molar-refractivity contribution < 1.29 is 0 Å². The van der Waals surface area contributed by atoms with Crippen LogP contribution in [0.4, 0.5) is 5.82 Å². The summed E-state index contributed by atoms with van der Waals surface area (Å²) in [6, 6.07) is 0. The zero-order chi connectivity index (χ0) is 14.1. The van der Waals surface area contributed by atoms with E-state index >= 15 is 0 Å². The Morgan fingerprint density at radius 2 is 2.40 bits per heavy atom. The van der Waals surface area contributed by atoms with Crippen molar-refractivity contribution in [1.29, 1.82) is 0 Å². The maximum atomic E-state index is 4.81. The summed E-state index contributed by atoms with van der Waals surface area (Å²) in [5.74, 6) is 1.88. The van der Waals surface area contributed by atoms with Crippen LogP contribution in [0.3, 0.4) is 0 Å². The van der Waals surface area contributed by atoms with E-state index in [0.717, 1.165) is 29.8 Å². The summed E-state index contributed by atoms with van der Waals surface area (Å²) < 4.78 is 2.20. The van der Waals surface area contributed by atoms with E-state index in [0.29, 0.717) is 0 Å². The predicted octanol–water partition coefficient (Wildman–Crippen LogP) is 1.50. The average molecular weight is 293 g/mol. The van der Waals surface area contributed by atoms with Crippen molar-refractivity contribution in [2.24, 2.45) is 5.92 Å². The molecular formula is C14H23N5S. The molecule has 1 fully saturated rings. The monoisotopic (exact) mass is 293 g/mol. The standard InChI is InChI=1S/C14H23N5S/c1-15-8-12-13(16-14-19(12)6-7-20-14)18(3)10-11-4-5-17(2)9-11/h6-7,11,15H,4-5,8-10H2,1-3H3. The Morgan fingerprint density at radius 1 is 1.55 bits per heavy atom. The molecule has 2 aromatic rings. The highest BCUT2D eigenvalue weighted by atomic mass is 32.1. The van der Waals surface area contributed by atoms with Crippen LogP contribution in [0.25, 0.3) is 4.96 Å². The van der Waals surface area contributed by atoms with Gasteiger partial charge >= 0.3 is 0 Å². The van der Waals surface area contributed by atoms with Crippen LogP contribution >= 0.6 is 11.3 Å². The Labute approximate surface area is 124 Å². The van der Waals surface area contributed by atoms with Gasteiger partial charge in [0, 0.05) is 38.3 Å². The predicted molar refractivity (Wildman–Crippen MR) is 84.7 cm³/mol. The second-order valence-corrected chi connectivity index (χ2v) is 6.64. The second kappa shape index (κ2) is 5.71. The van der Waals surface area contributed by atoms with E-state index in [1.54, 1.807) is 11.3 Å². The Kier molecular flexibility index (Phi) is 3.96. The lowest BCUT2D eigenvalue weighted by atomic mass is 10.1. The van der Waals surface area contributed by atoms with Gasteiger partial charge in [0.1, 0.15) is 0 Å². The molecule has 3 rings (SSSR count). The Hall–Kier alpha value is -1.11. The summed E-state index contributed by atoms with van der Waals surface area (Å²) in [6.07, 6.45) is 3.41. The number of imidazole rings is 1. The number of aromatic nitrogens is 2. The highest BCUT2D eigenvalue weighted by molar-refractivity contribution is 7.15. The molecular weight excluding hydrogens is 270 g/mol. The third kappa shape index (κ3) is 2.55. The van der Waals surface area contributed by atoms with Gasteiger partial charge in [-0.2, -0.15) is 0 Å². The summed E-state index contributed by atoms with van der Waals surface area (Å²) in [6.45, 7) is 4.36. The third-order valence-electron chi connectivity index (χ3n) is 4.07. The number of anilines is 1. The molecule has 0 radical (unpaired) electrons. The topological polar surface area (TPSA) is 35.8 Å². The lowest BCUT2D eigenvalue weighted by Gasteiger charge is -2.22. The molecule has 2 aromatic heterocycles. The Morgan fingerprint density at radius 3 is 3.10 bits per heavy atom. The SMILES string of the molecule is CNCc1c(N(C)CC2CCN(C)C2)nc2sccn12. The molecule has 0 saturated carbocycles. The number of fused-ring (bicyclic) bond motifs is 1. The Balaban J connectivity index is 1.81. The molecule has 0 bridgehead atoms. The molecule has 0 amide bonds. The minimum Gasteiger partial charge on any atom is -0.358 e. The van der Waals surface area contributed by atoms with Crippen molar-refractivity contribution in [1.82, 2.24) is 19.6 Å². The van der Waals surface area contributed by atoms with Crippen LogP contribution in [0.5, 0.6) is 0 Å². The normalized spacial score (nSPS) is 20.1. The molecule has 20 heavy (non-hydrogen) atoms. The fourth-order valence-electron chi connectivity index (χ4n) is 3.11. The summed E-state index contributed by atoms with van der Waals surface area (Å²) >= 11 is 1.70. The summed E-state index contributed by atoms with van der Waals surface area (Å²) in [5, 5.41) is 5.35. The van der Waals surface area contributed by atoms with Crippen molar-refractivity contribution >= 4 is 22.1 Å². The van der Waals surface area contributed by atoms with E-state index in [1.807, 2.05) is 7.05 Å². The van der Waals surface area contributed by atoms with E-state index in [1.165, 1.54) is 25.2 Å². The first-order valence-electron chi connectivity index (χ1n) is 7.17. The molecule has 5 nitrogen and oxygen atoms in total. The van der Waals surface area contributed by atoms with Gasteiger partial charge in [0.15, 0.2) is 10.8 Å². The van der Waals surface area contributed by atoms with Gasteiger partial charge in [-0.3, -0.25) is 4.40 Å². The van der Waals surface area contributed by atoms with Gasteiger partial charge in [-0.1, -0.05) is 0 Å². The largest absolute Gasteiger partial charge is 0.358 e. The van der Waals surface area contributed by atoms with Gasteiger partial charge in [-0.05, 0) is 33.0 Å². The maximum Gasteiger partial charge on any atom is 0.195 e. The van der Waals surface area contributed by atoms with E-state index in [9.17, 15) is 0 Å². The van der Waals surface area contributed by atoms with Gasteiger partial charge in [0.25, 0.3) is 0 Å². The number of hydrogen-bond acceptors (Lipinski definition) is 5. The van der Waals surface area contributed by atoms with Gasteiger partial charge in [-0.25, -0.2) is 4.98 Å². The first-order valence-corrected chi connectivity index (χ1v) is 8.05. The highest BCUT2D eigenvalue weighted by Crippen LogP contribution is 2.25. The number of nitrogens with zero attached hydrogens (tertiary/aromatic N) is 4. The van der Waals surface area contributed by atoms with Crippen molar-refractivity contribution in [3.8, 4) is 0 Å². The zero-order valence-electron chi connectivity index (χ0n) is 12.5. The van der Waals surface area contributed by atoms with Crippen molar-refractivity contribution in [3.05, 3.63) is 17.3 Å². The van der Waals surface area contributed by atoms with Crippen LogP contribution in [0.1, 0.15) is 12.1 Å². The quantitative estimate of drug-likeness (QED) is 0.906. The first kappa shape index (κ1) is 13.9. The minimum atomic E-state index is 0.757. The summed E-state index contributed by atoms with van der Waals surface area (Å²) in [7, 11) is 6.37. The zero-order valence-corrected chi connectivity index (χ0v) is 13.3. The van der Waals surface area contributed by atoms with Crippen molar-refractivity contribution in [2.75, 3.05) is 45.7 Å². The van der Waals surface area contributed by atoms with Crippen LogP contribution < -0.4 is 10.2 Å². The number of likely N-dealkylation sites (tertiary alicyclic amines) is 1. The molecule has 0 spiro atoms. The maximum absolute atomic E-state index is 4.81. The van der Waals surface area contributed by atoms with E-state index in [-0.39, 0.29) is 0 Å². The molecule has 0 aromatic carbocycles. The lowest BCUT2D eigenvalue weighted by molar-refractivity contribution is 0.395. The molecule has 1 saturated heterocycles. The number of nitrogens with one attached hydrogen (secondary N) is 1. The van der Waals surface area contributed by atoms with Crippen LogP contribution in [0.2, 0.25) is 0 Å². The molecule has 1 aliphatic heterocycles. The second-order valence-electron chi connectivity index (χ2n) is 5.77. The van der Waals surface area contributed by atoms with E-state index < -0.39 is 0 Å². The molecule has 0 aliphatic carbocycles. The summed E-state index contributed by atoms with van der Waals surface area (Å²) in [5.41, 5.74) is 1.26. The van der Waals surface area contributed by atoms with Gasteiger partial charge < -0.3 is 15.1 Å². The van der Waals surface area contributed by atoms with Crippen molar-refractivity contribution in [3.63, 3.8) is 0 Å².